The third kappa shape index (κ3) is 8.56. The predicted octanol–water partition coefficient (Wildman–Crippen LogP) is 7.57. The largest absolute Gasteiger partial charge is 0.489 e. The van der Waals surface area contributed by atoms with Gasteiger partial charge >= 0.3 is 12.1 Å². The maximum atomic E-state index is 14.2. The number of aryl methyl sites for hydroxylation is 3. The van der Waals surface area contributed by atoms with Crippen LogP contribution in [-0.4, -0.2) is 17.0 Å². The van der Waals surface area contributed by atoms with E-state index in [9.17, 15) is 32.3 Å². The number of carboxylic acid groups (broad SMARTS) is 1. The molecule has 5 nitrogen and oxygen atoms in total. The van der Waals surface area contributed by atoms with Crippen molar-refractivity contribution in [3.05, 3.63) is 99.4 Å². The highest BCUT2D eigenvalue weighted by molar-refractivity contribution is 5.96. The first-order chi connectivity index (χ1) is 18.7. The summed E-state index contributed by atoms with van der Waals surface area (Å²) in [6.45, 7) is 7.54. The van der Waals surface area contributed by atoms with E-state index in [4.69, 9.17) is 4.74 Å². The molecule has 3 aromatic carbocycles. The van der Waals surface area contributed by atoms with E-state index in [2.05, 4.69) is 5.32 Å². The molecule has 0 heterocycles. The van der Waals surface area contributed by atoms with Crippen molar-refractivity contribution in [1.29, 1.82) is 0 Å². The van der Waals surface area contributed by atoms with Crippen LogP contribution in [0.5, 0.6) is 5.75 Å². The molecular weight excluding hydrogens is 526 g/mol. The topological polar surface area (TPSA) is 75.6 Å². The Hall–Kier alpha value is -3.88. The lowest BCUT2D eigenvalue weighted by Gasteiger charge is -2.23. The van der Waals surface area contributed by atoms with Gasteiger partial charge in [-0.05, 0) is 74.1 Å². The highest BCUT2D eigenvalue weighted by Crippen LogP contribution is 2.31. The first kappa shape index (κ1) is 30.7. The van der Waals surface area contributed by atoms with E-state index in [0.29, 0.717) is 24.1 Å². The van der Waals surface area contributed by atoms with Gasteiger partial charge in [0.2, 0.25) is 0 Å². The molecule has 0 bridgehead atoms. The summed E-state index contributed by atoms with van der Waals surface area (Å²) < 4.78 is 59.0. The number of carboxylic acids is 1. The maximum Gasteiger partial charge on any atom is 0.416 e. The number of benzene rings is 3. The van der Waals surface area contributed by atoms with E-state index in [-0.39, 0.29) is 41.7 Å². The number of rotatable bonds is 11. The number of carbonyl (C=O) groups excluding carboxylic acids is 1. The van der Waals surface area contributed by atoms with E-state index in [0.717, 1.165) is 22.8 Å². The van der Waals surface area contributed by atoms with Gasteiger partial charge in [-0.1, -0.05) is 49.2 Å². The number of amides is 1. The average molecular weight is 560 g/mol. The lowest BCUT2D eigenvalue weighted by molar-refractivity contribution is -0.138. The van der Waals surface area contributed by atoms with Gasteiger partial charge in [0.25, 0.3) is 5.91 Å². The van der Waals surface area contributed by atoms with Crippen molar-refractivity contribution in [3.8, 4) is 5.75 Å². The second-order valence-electron chi connectivity index (χ2n) is 10.4. The number of halogens is 4. The molecule has 9 heteroatoms. The van der Waals surface area contributed by atoms with Gasteiger partial charge in [0.05, 0.1) is 11.6 Å². The summed E-state index contributed by atoms with van der Waals surface area (Å²) in [5, 5.41) is 12.2. The van der Waals surface area contributed by atoms with Crippen LogP contribution in [0.15, 0.2) is 54.6 Å². The summed E-state index contributed by atoms with van der Waals surface area (Å²) in [4.78, 5) is 24.8. The summed E-state index contributed by atoms with van der Waals surface area (Å²) in [5.74, 6) is -1.93. The third-order valence-electron chi connectivity index (χ3n) is 6.36. The predicted molar refractivity (Wildman–Crippen MR) is 144 cm³/mol. The monoisotopic (exact) mass is 559 g/mol. The second-order valence-corrected chi connectivity index (χ2v) is 10.4. The molecule has 214 valence electrons. The van der Waals surface area contributed by atoms with Crippen LogP contribution in [0.25, 0.3) is 0 Å². The molecule has 2 N–H and O–H groups in total. The molecule has 0 aromatic heterocycles. The van der Waals surface area contributed by atoms with Crippen LogP contribution in [0.1, 0.15) is 76.5 Å². The van der Waals surface area contributed by atoms with Crippen molar-refractivity contribution in [3.63, 3.8) is 0 Å². The quantitative estimate of drug-likeness (QED) is 0.238. The van der Waals surface area contributed by atoms with Crippen LogP contribution in [0, 0.1) is 25.6 Å². The molecule has 0 aliphatic heterocycles. The number of hydrogen-bond acceptors (Lipinski definition) is 3. The van der Waals surface area contributed by atoms with Gasteiger partial charge in [0, 0.05) is 17.5 Å². The fourth-order valence-corrected chi connectivity index (χ4v) is 4.54. The molecule has 0 radical (unpaired) electrons. The maximum absolute atomic E-state index is 14.2. The van der Waals surface area contributed by atoms with Gasteiger partial charge in [-0.15, -0.1) is 0 Å². The van der Waals surface area contributed by atoms with Gasteiger partial charge < -0.3 is 15.2 Å². The molecule has 0 saturated heterocycles. The molecule has 0 saturated carbocycles. The highest BCUT2D eigenvalue weighted by Gasteiger charge is 2.31. The number of carbonyl (C=O) groups is 2. The Balaban J connectivity index is 1.91. The Morgan fingerprint density at radius 3 is 2.23 bits per heavy atom. The van der Waals surface area contributed by atoms with E-state index in [1.807, 2.05) is 45.9 Å². The Morgan fingerprint density at radius 1 is 0.950 bits per heavy atom. The smallest absolute Gasteiger partial charge is 0.416 e. The number of alkyl halides is 3. The minimum absolute atomic E-state index is 0.0824. The van der Waals surface area contributed by atoms with Gasteiger partial charge in [-0.3, -0.25) is 9.59 Å². The van der Waals surface area contributed by atoms with Crippen molar-refractivity contribution in [2.45, 2.75) is 65.8 Å². The first-order valence-electron chi connectivity index (χ1n) is 12.9. The summed E-state index contributed by atoms with van der Waals surface area (Å²) >= 11 is 0. The fraction of sp³-hybridized carbons (Fsp3) is 0.355. The summed E-state index contributed by atoms with van der Waals surface area (Å²) in [5.41, 5.74) is 2.41. The van der Waals surface area contributed by atoms with Crippen molar-refractivity contribution >= 4 is 11.9 Å². The fourth-order valence-electron chi connectivity index (χ4n) is 4.54. The number of hydrogen-bond donors (Lipinski definition) is 2. The Morgan fingerprint density at radius 2 is 1.62 bits per heavy atom. The summed E-state index contributed by atoms with van der Waals surface area (Å²) in [7, 11) is 0. The van der Waals surface area contributed by atoms with E-state index < -0.39 is 36.0 Å². The van der Waals surface area contributed by atoms with E-state index in [1.165, 1.54) is 12.1 Å². The van der Waals surface area contributed by atoms with E-state index >= 15 is 0 Å². The molecule has 3 rings (SSSR count). The zero-order chi connectivity index (χ0) is 29.6. The Labute approximate surface area is 231 Å². The minimum Gasteiger partial charge on any atom is -0.489 e. The summed E-state index contributed by atoms with van der Waals surface area (Å²) in [6.07, 6.45) is -4.10. The first-order valence-corrected chi connectivity index (χ1v) is 12.9. The molecule has 0 aliphatic rings. The van der Waals surface area contributed by atoms with Gasteiger partial charge in [-0.25, -0.2) is 4.39 Å². The Kier molecular flexibility index (Phi) is 9.95. The van der Waals surface area contributed by atoms with Gasteiger partial charge in [0.15, 0.2) is 0 Å². The van der Waals surface area contributed by atoms with Crippen LogP contribution < -0.4 is 10.1 Å². The molecule has 3 aromatic rings. The van der Waals surface area contributed by atoms with Crippen LogP contribution in [0.2, 0.25) is 0 Å². The second kappa shape index (κ2) is 13.0. The lowest BCUT2D eigenvalue weighted by atomic mass is 9.93. The molecule has 1 amide bonds. The normalized spacial score (nSPS) is 12.3. The minimum atomic E-state index is -4.64. The Bertz CT molecular complexity index is 1350. The molecule has 0 aliphatic carbocycles. The third-order valence-corrected chi connectivity index (χ3v) is 6.36. The molecule has 40 heavy (non-hydrogen) atoms. The van der Waals surface area contributed by atoms with Crippen LogP contribution >= 0.6 is 0 Å². The van der Waals surface area contributed by atoms with Crippen molar-refractivity contribution < 1.29 is 37.0 Å². The zero-order valence-electron chi connectivity index (χ0n) is 22.9. The average Bonchev–Trinajstić information content (AvgIpc) is 2.85. The van der Waals surface area contributed by atoms with Crippen molar-refractivity contribution in [1.82, 2.24) is 5.32 Å². The molecule has 0 spiro atoms. The van der Waals surface area contributed by atoms with Crippen LogP contribution in [-0.2, 0) is 24.0 Å². The lowest BCUT2D eigenvalue weighted by Crippen LogP contribution is -2.30. The van der Waals surface area contributed by atoms with Crippen molar-refractivity contribution in [2.75, 3.05) is 0 Å². The standard InChI is InChI=1S/C31H33F4NO4/c1-18(2)11-28(22-13-19(3)12-20(4)14-22)36-30(39)26-16-25(8-5-21(26)6-10-29(37)38)40-17-23-15-24(31(33,34)35)7-9-27(23)32/h5,7-9,12-16,18,28H,6,10-11,17H2,1-4H3,(H,36,39)(H,37,38). The van der Waals surface area contributed by atoms with Gasteiger partial charge in [-0.2, -0.15) is 13.2 Å². The number of aliphatic carboxylic acids is 1. The van der Waals surface area contributed by atoms with Crippen LogP contribution in [0.4, 0.5) is 17.6 Å². The molecule has 0 fully saturated rings. The molecular formula is C31H33F4NO4. The van der Waals surface area contributed by atoms with E-state index in [1.54, 1.807) is 6.07 Å². The molecule has 1 atom stereocenters. The van der Waals surface area contributed by atoms with Crippen molar-refractivity contribution in [2.24, 2.45) is 5.92 Å². The molecule has 1 unspecified atom stereocenters. The SMILES string of the molecule is Cc1cc(C)cc(C(CC(C)C)NC(=O)c2cc(OCc3cc(C(F)(F)F)ccc3F)ccc2CCC(=O)O)c1. The van der Waals surface area contributed by atoms with Gasteiger partial charge in [0.1, 0.15) is 18.2 Å². The van der Waals surface area contributed by atoms with Crippen LogP contribution in [0.3, 0.4) is 0 Å². The highest BCUT2D eigenvalue weighted by atomic mass is 19.4. The zero-order valence-corrected chi connectivity index (χ0v) is 22.9. The number of nitrogens with one attached hydrogen (secondary N) is 1. The number of ether oxygens (including phenoxy) is 1. The summed E-state index contributed by atoms with van der Waals surface area (Å²) in [6, 6.07) is 12.2.